The van der Waals surface area contributed by atoms with Crippen LogP contribution in [0.4, 0.5) is 0 Å². The third-order valence-electron chi connectivity index (χ3n) is 3.60. The molecule has 0 spiro atoms. The van der Waals surface area contributed by atoms with Gasteiger partial charge in [-0.2, -0.15) is 0 Å². The highest BCUT2D eigenvalue weighted by Gasteiger charge is 2.33. The van der Waals surface area contributed by atoms with Gasteiger partial charge in [-0.25, -0.2) is 0 Å². The van der Waals surface area contributed by atoms with Crippen molar-refractivity contribution < 1.29 is 0 Å². The molecule has 3 heteroatoms. The van der Waals surface area contributed by atoms with E-state index >= 15 is 0 Å². The Kier molecular flexibility index (Phi) is 3.90. The average Bonchev–Trinajstić information content (AvgIpc) is 3.02. The Morgan fingerprint density at radius 1 is 1.39 bits per heavy atom. The summed E-state index contributed by atoms with van der Waals surface area (Å²) in [6.07, 6.45) is 1.25. The third kappa shape index (κ3) is 3.25. The first kappa shape index (κ1) is 12.9. The first-order valence-electron chi connectivity index (χ1n) is 6.63. The number of nitrogens with one attached hydrogen (secondary N) is 2. The van der Waals surface area contributed by atoms with E-state index in [4.69, 9.17) is 0 Å². The summed E-state index contributed by atoms with van der Waals surface area (Å²) in [5.41, 5.74) is 3.97. The molecule has 0 aromatic heterocycles. The fourth-order valence-electron chi connectivity index (χ4n) is 2.12. The maximum absolute atomic E-state index is 4.26. The number of aryl methyl sites for hydroxylation is 2. The van der Waals surface area contributed by atoms with Crippen LogP contribution in [0.2, 0.25) is 0 Å². The molecular weight excluding hydrogens is 222 g/mol. The SMILES string of the molecule is CN=C(NCc1ccc(C)cc1C)NC1CC1C. The normalized spacial score (nSPS) is 22.8. The fourth-order valence-corrected chi connectivity index (χ4v) is 2.12. The van der Waals surface area contributed by atoms with Crippen molar-refractivity contribution in [1.82, 2.24) is 10.6 Å². The summed E-state index contributed by atoms with van der Waals surface area (Å²) in [4.78, 5) is 4.26. The van der Waals surface area contributed by atoms with Gasteiger partial charge >= 0.3 is 0 Å². The number of aliphatic imine (C=N–C) groups is 1. The van der Waals surface area contributed by atoms with E-state index in [2.05, 4.69) is 54.6 Å². The van der Waals surface area contributed by atoms with Gasteiger partial charge in [0.05, 0.1) is 0 Å². The number of hydrogen-bond acceptors (Lipinski definition) is 1. The van der Waals surface area contributed by atoms with Gasteiger partial charge < -0.3 is 10.6 Å². The monoisotopic (exact) mass is 245 g/mol. The molecule has 2 rings (SSSR count). The predicted molar refractivity (Wildman–Crippen MR) is 76.8 cm³/mol. The summed E-state index contributed by atoms with van der Waals surface area (Å²) in [6.45, 7) is 7.37. The van der Waals surface area contributed by atoms with Crippen molar-refractivity contribution in [3.8, 4) is 0 Å². The van der Waals surface area contributed by atoms with E-state index in [0.29, 0.717) is 6.04 Å². The van der Waals surface area contributed by atoms with Gasteiger partial charge in [-0.15, -0.1) is 0 Å². The van der Waals surface area contributed by atoms with Crippen LogP contribution in [0.25, 0.3) is 0 Å². The molecule has 1 aliphatic rings. The van der Waals surface area contributed by atoms with Crippen molar-refractivity contribution in [2.45, 2.75) is 39.8 Å². The number of rotatable bonds is 3. The molecule has 3 nitrogen and oxygen atoms in total. The van der Waals surface area contributed by atoms with Crippen LogP contribution in [0.15, 0.2) is 23.2 Å². The molecule has 2 atom stereocenters. The standard InChI is InChI=1S/C15H23N3/c1-10-5-6-13(11(2)7-10)9-17-15(16-4)18-14-8-12(14)3/h5-7,12,14H,8-9H2,1-4H3,(H2,16,17,18). The Morgan fingerprint density at radius 2 is 2.11 bits per heavy atom. The lowest BCUT2D eigenvalue weighted by Gasteiger charge is -2.13. The van der Waals surface area contributed by atoms with Crippen LogP contribution in [0.3, 0.4) is 0 Å². The van der Waals surface area contributed by atoms with E-state index in [9.17, 15) is 0 Å². The number of hydrogen-bond donors (Lipinski definition) is 2. The largest absolute Gasteiger partial charge is 0.353 e. The van der Waals surface area contributed by atoms with Crippen molar-refractivity contribution in [2.24, 2.45) is 10.9 Å². The van der Waals surface area contributed by atoms with Crippen molar-refractivity contribution in [3.05, 3.63) is 34.9 Å². The summed E-state index contributed by atoms with van der Waals surface area (Å²) in [6, 6.07) is 7.17. The van der Waals surface area contributed by atoms with Gasteiger partial charge in [0.2, 0.25) is 0 Å². The molecule has 1 saturated carbocycles. The Labute approximate surface area is 110 Å². The van der Waals surface area contributed by atoms with Crippen LogP contribution in [0, 0.1) is 19.8 Å². The highest BCUT2D eigenvalue weighted by Crippen LogP contribution is 2.28. The zero-order valence-corrected chi connectivity index (χ0v) is 11.7. The topological polar surface area (TPSA) is 36.4 Å². The first-order chi connectivity index (χ1) is 8.60. The van der Waals surface area contributed by atoms with Crippen LogP contribution >= 0.6 is 0 Å². The quantitative estimate of drug-likeness (QED) is 0.633. The van der Waals surface area contributed by atoms with Crippen molar-refractivity contribution in [3.63, 3.8) is 0 Å². The Morgan fingerprint density at radius 3 is 2.67 bits per heavy atom. The molecular formula is C15H23N3. The van der Waals surface area contributed by atoms with Crippen molar-refractivity contribution in [2.75, 3.05) is 7.05 Å². The molecule has 1 aromatic rings. The lowest BCUT2D eigenvalue weighted by Crippen LogP contribution is -2.38. The molecule has 98 valence electrons. The maximum Gasteiger partial charge on any atom is 0.191 e. The third-order valence-corrected chi connectivity index (χ3v) is 3.60. The summed E-state index contributed by atoms with van der Waals surface area (Å²) in [5.74, 6) is 1.69. The fraction of sp³-hybridized carbons (Fsp3) is 0.533. The summed E-state index contributed by atoms with van der Waals surface area (Å²) in [7, 11) is 1.82. The molecule has 18 heavy (non-hydrogen) atoms. The minimum atomic E-state index is 0.607. The Balaban J connectivity index is 1.89. The smallest absolute Gasteiger partial charge is 0.191 e. The van der Waals surface area contributed by atoms with Gasteiger partial charge in [-0.05, 0) is 37.3 Å². The van der Waals surface area contributed by atoms with E-state index in [0.717, 1.165) is 18.4 Å². The lowest BCUT2D eigenvalue weighted by molar-refractivity contribution is 0.762. The molecule has 0 saturated heterocycles. The van der Waals surface area contributed by atoms with E-state index in [-0.39, 0.29) is 0 Å². The Hall–Kier alpha value is -1.51. The molecule has 1 aromatic carbocycles. The highest BCUT2D eigenvalue weighted by atomic mass is 15.2. The minimum absolute atomic E-state index is 0.607. The number of guanidine groups is 1. The molecule has 0 heterocycles. The lowest BCUT2D eigenvalue weighted by atomic mass is 10.1. The van der Waals surface area contributed by atoms with Gasteiger partial charge in [0.1, 0.15) is 0 Å². The van der Waals surface area contributed by atoms with E-state index in [1.807, 2.05) is 7.05 Å². The molecule has 0 aliphatic heterocycles. The number of benzene rings is 1. The van der Waals surface area contributed by atoms with Gasteiger partial charge in [0.15, 0.2) is 5.96 Å². The van der Waals surface area contributed by atoms with Crippen molar-refractivity contribution >= 4 is 5.96 Å². The second kappa shape index (κ2) is 5.42. The van der Waals surface area contributed by atoms with Crippen LogP contribution in [0.1, 0.15) is 30.0 Å². The Bertz CT molecular complexity index is 451. The average molecular weight is 245 g/mol. The van der Waals surface area contributed by atoms with Crippen LogP contribution in [-0.2, 0) is 6.54 Å². The van der Waals surface area contributed by atoms with E-state index in [1.165, 1.54) is 23.1 Å². The number of nitrogens with zero attached hydrogens (tertiary/aromatic N) is 1. The van der Waals surface area contributed by atoms with E-state index in [1.54, 1.807) is 0 Å². The molecule has 2 unspecified atom stereocenters. The van der Waals surface area contributed by atoms with Gasteiger partial charge in [0.25, 0.3) is 0 Å². The second-order valence-electron chi connectivity index (χ2n) is 5.32. The molecule has 1 fully saturated rings. The van der Waals surface area contributed by atoms with Crippen molar-refractivity contribution in [1.29, 1.82) is 0 Å². The highest BCUT2D eigenvalue weighted by molar-refractivity contribution is 5.80. The van der Waals surface area contributed by atoms with Gasteiger partial charge in [-0.1, -0.05) is 30.7 Å². The summed E-state index contributed by atoms with van der Waals surface area (Å²) >= 11 is 0. The molecule has 2 N–H and O–H groups in total. The zero-order valence-electron chi connectivity index (χ0n) is 11.7. The first-order valence-corrected chi connectivity index (χ1v) is 6.63. The van der Waals surface area contributed by atoms with Crippen LogP contribution < -0.4 is 10.6 Å². The van der Waals surface area contributed by atoms with Crippen LogP contribution in [0.5, 0.6) is 0 Å². The van der Waals surface area contributed by atoms with Crippen LogP contribution in [-0.4, -0.2) is 19.0 Å². The molecule has 1 aliphatic carbocycles. The molecule has 0 amide bonds. The van der Waals surface area contributed by atoms with E-state index < -0.39 is 0 Å². The zero-order chi connectivity index (χ0) is 13.1. The minimum Gasteiger partial charge on any atom is -0.353 e. The predicted octanol–water partition coefficient (Wildman–Crippen LogP) is 2.38. The van der Waals surface area contributed by atoms with Gasteiger partial charge in [0, 0.05) is 19.6 Å². The van der Waals surface area contributed by atoms with Gasteiger partial charge in [-0.3, -0.25) is 4.99 Å². The second-order valence-corrected chi connectivity index (χ2v) is 5.32. The molecule has 0 radical (unpaired) electrons. The summed E-state index contributed by atoms with van der Waals surface area (Å²) < 4.78 is 0. The molecule has 0 bridgehead atoms. The maximum atomic E-state index is 4.26. The summed E-state index contributed by atoms with van der Waals surface area (Å²) in [5, 5.41) is 6.81.